The fraction of sp³-hybridized carbons (Fsp3) is 0.200. The van der Waals surface area contributed by atoms with E-state index in [4.69, 9.17) is 4.74 Å². The van der Waals surface area contributed by atoms with Gasteiger partial charge in [0.1, 0.15) is 11.5 Å². The molecule has 1 heterocycles. The quantitative estimate of drug-likeness (QED) is 0.709. The Hall–Kier alpha value is -3.28. The molecule has 0 aliphatic carbocycles. The Morgan fingerprint density at radius 1 is 0.885 bits per heavy atom. The molecule has 0 saturated heterocycles. The first-order chi connectivity index (χ1) is 12.5. The molecule has 0 atom stereocenters. The second-order valence-corrected chi connectivity index (χ2v) is 6.14. The minimum Gasteiger partial charge on any atom is -0.457 e. The molecule has 0 N–H and O–H groups in total. The molecule has 6 heteroatoms. The predicted octanol–water partition coefficient (Wildman–Crippen LogP) is 2.51. The highest BCUT2D eigenvalue weighted by Gasteiger charge is 2.09. The van der Waals surface area contributed by atoms with Crippen molar-refractivity contribution >= 4 is 5.69 Å². The Labute approximate surface area is 151 Å². The van der Waals surface area contributed by atoms with Crippen molar-refractivity contribution in [1.29, 1.82) is 0 Å². The van der Waals surface area contributed by atoms with Gasteiger partial charge in [0, 0.05) is 38.6 Å². The lowest BCUT2D eigenvalue weighted by Crippen LogP contribution is -2.39. The number of anilines is 1. The van der Waals surface area contributed by atoms with Crippen molar-refractivity contribution in [1.82, 2.24) is 9.13 Å². The van der Waals surface area contributed by atoms with Gasteiger partial charge in [-0.3, -0.25) is 13.9 Å². The largest absolute Gasteiger partial charge is 0.457 e. The van der Waals surface area contributed by atoms with E-state index in [-0.39, 0.29) is 11.2 Å². The first-order valence-electron chi connectivity index (χ1n) is 8.26. The summed E-state index contributed by atoms with van der Waals surface area (Å²) in [4.78, 5) is 25.9. The number of hydrogen-bond donors (Lipinski definition) is 0. The summed E-state index contributed by atoms with van der Waals surface area (Å²) in [6.07, 6.45) is 0. The summed E-state index contributed by atoms with van der Waals surface area (Å²) in [6.45, 7) is 0.445. The highest BCUT2D eigenvalue weighted by molar-refractivity contribution is 5.49. The van der Waals surface area contributed by atoms with Gasteiger partial charge >= 0.3 is 5.69 Å². The SMILES string of the molecule is CN(Cc1cc(=O)n(C)c(=O)n1C)c1ccc(Oc2ccccc2)cc1. The van der Waals surface area contributed by atoms with E-state index < -0.39 is 0 Å². The predicted molar refractivity (Wildman–Crippen MR) is 102 cm³/mol. The fourth-order valence-corrected chi connectivity index (χ4v) is 2.66. The number of nitrogens with zero attached hydrogens (tertiary/aromatic N) is 3. The second kappa shape index (κ2) is 7.31. The maximum atomic E-state index is 12.0. The number of benzene rings is 2. The number of hydrogen-bond acceptors (Lipinski definition) is 4. The molecular formula is C20H21N3O3. The molecule has 26 heavy (non-hydrogen) atoms. The van der Waals surface area contributed by atoms with Gasteiger partial charge in [-0.2, -0.15) is 0 Å². The molecule has 3 aromatic rings. The third-order valence-electron chi connectivity index (χ3n) is 4.28. The van der Waals surface area contributed by atoms with E-state index in [2.05, 4.69) is 0 Å². The van der Waals surface area contributed by atoms with Crippen LogP contribution in [0, 0.1) is 0 Å². The lowest BCUT2D eigenvalue weighted by molar-refractivity contribution is 0.482. The van der Waals surface area contributed by atoms with Crippen LogP contribution in [0.3, 0.4) is 0 Å². The normalized spacial score (nSPS) is 10.6. The van der Waals surface area contributed by atoms with Gasteiger partial charge in [0.25, 0.3) is 5.56 Å². The molecule has 0 radical (unpaired) electrons. The van der Waals surface area contributed by atoms with Crippen molar-refractivity contribution in [3.8, 4) is 11.5 Å². The summed E-state index contributed by atoms with van der Waals surface area (Å²) in [5.41, 5.74) is 0.986. The summed E-state index contributed by atoms with van der Waals surface area (Å²) >= 11 is 0. The van der Waals surface area contributed by atoms with Crippen LogP contribution in [0.1, 0.15) is 5.69 Å². The molecule has 0 bridgehead atoms. The first-order valence-corrected chi connectivity index (χ1v) is 8.26. The minimum atomic E-state index is -0.326. The van der Waals surface area contributed by atoms with Gasteiger partial charge in [0.2, 0.25) is 0 Å². The first kappa shape index (κ1) is 17.5. The van der Waals surface area contributed by atoms with Crippen molar-refractivity contribution < 1.29 is 4.74 Å². The number of aromatic nitrogens is 2. The average molecular weight is 351 g/mol. The Balaban J connectivity index is 1.76. The zero-order valence-electron chi connectivity index (χ0n) is 15.0. The van der Waals surface area contributed by atoms with Gasteiger partial charge in [-0.25, -0.2) is 4.79 Å². The minimum absolute atomic E-state index is 0.303. The number of ether oxygens (including phenoxy) is 1. The van der Waals surface area contributed by atoms with Crippen molar-refractivity contribution in [2.24, 2.45) is 14.1 Å². The molecule has 6 nitrogen and oxygen atoms in total. The van der Waals surface area contributed by atoms with Gasteiger partial charge < -0.3 is 9.64 Å². The summed E-state index contributed by atoms with van der Waals surface area (Å²) in [5.74, 6) is 1.53. The Kier molecular flexibility index (Phi) is 4.93. The molecule has 0 amide bonds. The summed E-state index contributed by atoms with van der Waals surface area (Å²) in [7, 11) is 5.06. The van der Waals surface area contributed by atoms with Crippen molar-refractivity contribution in [2.45, 2.75) is 6.54 Å². The molecule has 0 aliphatic rings. The van der Waals surface area contributed by atoms with E-state index in [1.807, 2.05) is 66.5 Å². The number of para-hydroxylation sites is 1. The van der Waals surface area contributed by atoms with E-state index in [0.29, 0.717) is 12.2 Å². The van der Waals surface area contributed by atoms with E-state index in [1.165, 1.54) is 17.7 Å². The van der Waals surface area contributed by atoms with Crippen molar-refractivity contribution in [2.75, 3.05) is 11.9 Å². The number of rotatable bonds is 5. The lowest BCUT2D eigenvalue weighted by atomic mass is 10.2. The maximum absolute atomic E-state index is 12.0. The molecule has 0 fully saturated rings. The van der Waals surface area contributed by atoms with E-state index >= 15 is 0 Å². The topological polar surface area (TPSA) is 56.5 Å². The zero-order chi connectivity index (χ0) is 18.7. The summed E-state index contributed by atoms with van der Waals surface area (Å²) < 4.78 is 8.37. The average Bonchev–Trinajstić information content (AvgIpc) is 2.65. The third kappa shape index (κ3) is 3.69. The Bertz CT molecular complexity index is 1010. The van der Waals surface area contributed by atoms with Crippen LogP contribution < -0.4 is 20.9 Å². The van der Waals surface area contributed by atoms with Crippen LogP contribution in [0.25, 0.3) is 0 Å². The van der Waals surface area contributed by atoms with E-state index in [0.717, 1.165) is 21.8 Å². The molecule has 0 aliphatic heterocycles. The Morgan fingerprint density at radius 2 is 1.50 bits per heavy atom. The molecule has 2 aromatic carbocycles. The van der Waals surface area contributed by atoms with Gasteiger partial charge in [0.15, 0.2) is 0 Å². The molecular weight excluding hydrogens is 330 g/mol. The van der Waals surface area contributed by atoms with Crippen LogP contribution in [0.2, 0.25) is 0 Å². The highest BCUT2D eigenvalue weighted by atomic mass is 16.5. The van der Waals surface area contributed by atoms with Gasteiger partial charge in [-0.1, -0.05) is 18.2 Å². The molecule has 0 saturated carbocycles. The molecule has 134 valence electrons. The zero-order valence-corrected chi connectivity index (χ0v) is 15.0. The van der Waals surface area contributed by atoms with Crippen LogP contribution in [0.4, 0.5) is 5.69 Å². The molecule has 0 unspecified atom stereocenters. The van der Waals surface area contributed by atoms with Crippen LogP contribution in [0.5, 0.6) is 11.5 Å². The van der Waals surface area contributed by atoms with E-state index in [9.17, 15) is 9.59 Å². The summed E-state index contributed by atoms with van der Waals surface area (Å²) in [5, 5.41) is 0. The van der Waals surface area contributed by atoms with E-state index in [1.54, 1.807) is 7.05 Å². The maximum Gasteiger partial charge on any atom is 0.330 e. The monoisotopic (exact) mass is 351 g/mol. The lowest BCUT2D eigenvalue weighted by Gasteiger charge is -2.21. The fourth-order valence-electron chi connectivity index (χ4n) is 2.66. The van der Waals surface area contributed by atoms with Crippen LogP contribution in [0.15, 0.2) is 70.3 Å². The summed E-state index contributed by atoms with van der Waals surface area (Å²) in [6, 6.07) is 18.7. The highest BCUT2D eigenvalue weighted by Crippen LogP contribution is 2.24. The van der Waals surface area contributed by atoms with Gasteiger partial charge in [-0.05, 0) is 36.4 Å². The molecule has 0 spiro atoms. The second-order valence-electron chi connectivity index (χ2n) is 6.14. The van der Waals surface area contributed by atoms with Gasteiger partial charge in [0.05, 0.1) is 6.54 Å². The molecule has 3 rings (SSSR count). The third-order valence-corrected chi connectivity index (χ3v) is 4.28. The van der Waals surface area contributed by atoms with Crippen LogP contribution in [-0.4, -0.2) is 16.2 Å². The van der Waals surface area contributed by atoms with Crippen molar-refractivity contribution in [3.05, 3.63) is 87.2 Å². The smallest absolute Gasteiger partial charge is 0.330 e. The standard InChI is InChI=1S/C20H21N3O3/c1-21(14-16-13-19(24)23(3)20(25)22(16)2)15-9-11-18(12-10-15)26-17-7-5-4-6-8-17/h4-13H,14H2,1-3H3. The van der Waals surface area contributed by atoms with Crippen molar-refractivity contribution in [3.63, 3.8) is 0 Å². The molecule has 1 aromatic heterocycles. The Morgan fingerprint density at radius 3 is 2.15 bits per heavy atom. The van der Waals surface area contributed by atoms with Crippen LogP contribution >= 0.6 is 0 Å². The van der Waals surface area contributed by atoms with Crippen LogP contribution in [-0.2, 0) is 20.6 Å². The van der Waals surface area contributed by atoms with Gasteiger partial charge in [-0.15, -0.1) is 0 Å².